The van der Waals surface area contributed by atoms with E-state index in [1.807, 2.05) is 0 Å². The number of carboxylic acid groups (broad SMARTS) is 1. The Balaban J connectivity index is 1.57. The Hall–Kier alpha value is -2.46. The van der Waals surface area contributed by atoms with Crippen LogP contribution in [0.5, 0.6) is 0 Å². The number of H-pyrrole nitrogens is 1. The summed E-state index contributed by atoms with van der Waals surface area (Å²) in [6.45, 7) is 4.85. The predicted molar refractivity (Wildman–Crippen MR) is 99.5 cm³/mol. The van der Waals surface area contributed by atoms with Gasteiger partial charge < -0.3 is 25.5 Å². The van der Waals surface area contributed by atoms with E-state index >= 15 is 0 Å². The molecular weight excluding hydrogens is 350 g/mol. The van der Waals surface area contributed by atoms with E-state index in [1.54, 1.807) is 6.33 Å². The molecule has 0 bridgehead atoms. The van der Waals surface area contributed by atoms with Gasteiger partial charge in [0.25, 0.3) is 0 Å². The van der Waals surface area contributed by atoms with E-state index in [-0.39, 0.29) is 18.3 Å². The van der Waals surface area contributed by atoms with Gasteiger partial charge in [0.05, 0.1) is 19.5 Å². The molecule has 0 spiro atoms. The molecule has 0 unspecified atom stereocenters. The highest BCUT2D eigenvalue weighted by Crippen LogP contribution is 2.31. The molecule has 0 aromatic carbocycles. The molecule has 2 fully saturated rings. The topological polar surface area (TPSA) is 133 Å². The van der Waals surface area contributed by atoms with Crippen LogP contribution in [0.1, 0.15) is 19.3 Å². The molecule has 0 saturated carbocycles. The summed E-state index contributed by atoms with van der Waals surface area (Å²) in [4.78, 5) is 31.7. The molecule has 2 saturated heterocycles. The van der Waals surface area contributed by atoms with Crippen molar-refractivity contribution < 1.29 is 14.6 Å². The van der Waals surface area contributed by atoms with Gasteiger partial charge in [-0.25, -0.2) is 4.98 Å². The maximum absolute atomic E-state index is 11.2. The molecule has 146 valence electrons. The van der Waals surface area contributed by atoms with Crippen molar-refractivity contribution in [1.82, 2.24) is 24.8 Å². The molecule has 4 N–H and O–H groups in total. The monoisotopic (exact) mass is 375 g/mol. The number of fused-ring (bicyclic) bond motifs is 1. The van der Waals surface area contributed by atoms with E-state index in [1.165, 1.54) is 0 Å². The number of nitrogens with two attached hydrogens (primary N) is 1. The van der Waals surface area contributed by atoms with E-state index in [2.05, 4.69) is 29.7 Å². The third kappa shape index (κ3) is 3.81. The molecule has 2 atom stereocenters. The van der Waals surface area contributed by atoms with E-state index in [4.69, 9.17) is 10.5 Å². The zero-order valence-corrected chi connectivity index (χ0v) is 15.2. The summed E-state index contributed by atoms with van der Waals surface area (Å²) in [6.07, 6.45) is 3.35. The van der Waals surface area contributed by atoms with Gasteiger partial charge in [-0.2, -0.15) is 9.97 Å². The molecule has 27 heavy (non-hydrogen) atoms. The predicted octanol–water partition coefficient (Wildman–Crippen LogP) is 0.327. The van der Waals surface area contributed by atoms with Crippen molar-refractivity contribution in [3.63, 3.8) is 0 Å². The molecule has 0 aliphatic carbocycles. The van der Waals surface area contributed by atoms with E-state index in [0.717, 1.165) is 57.1 Å². The van der Waals surface area contributed by atoms with Crippen molar-refractivity contribution in [3.8, 4) is 0 Å². The van der Waals surface area contributed by atoms with Gasteiger partial charge in [0.1, 0.15) is 5.52 Å². The largest absolute Gasteiger partial charge is 0.481 e. The van der Waals surface area contributed by atoms with Gasteiger partial charge >= 0.3 is 5.97 Å². The fraction of sp³-hybridized carbons (Fsp3) is 0.647. The number of carboxylic acids is 1. The second-order valence-electron chi connectivity index (χ2n) is 7.15. The molecular formula is C17H25N7O3. The van der Waals surface area contributed by atoms with Crippen LogP contribution in [0.4, 0.5) is 11.8 Å². The van der Waals surface area contributed by atoms with Gasteiger partial charge in [-0.1, -0.05) is 0 Å². The Morgan fingerprint density at radius 2 is 2.15 bits per heavy atom. The number of carbonyl (C=O) groups is 1. The van der Waals surface area contributed by atoms with Gasteiger partial charge in [-0.3, -0.25) is 9.69 Å². The number of aromatic nitrogens is 4. The lowest BCUT2D eigenvalue weighted by atomic mass is 9.86. The van der Waals surface area contributed by atoms with Crippen LogP contribution in [0.25, 0.3) is 11.2 Å². The number of nitrogens with one attached hydrogen (secondary N) is 1. The highest BCUT2D eigenvalue weighted by atomic mass is 16.5. The first-order valence-corrected chi connectivity index (χ1v) is 9.37. The first kappa shape index (κ1) is 17.9. The van der Waals surface area contributed by atoms with Crippen molar-refractivity contribution >= 4 is 28.9 Å². The minimum absolute atomic E-state index is 0.171. The number of nitrogen functional groups attached to an aromatic ring is 1. The van der Waals surface area contributed by atoms with Gasteiger partial charge in [-0.15, -0.1) is 0 Å². The van der Waals surface area contributed by atoms with Crippen molar-refractivity contribution in [2.45, 2.75) is 25.3 Å². The third-order valence-corrected chi connectivity index (χ3v) is 5.52. The molecule has 2 aromatic heterocycles. The molecule has 10 heteroatoms. The van der Waals surface area contributed by atoms with Crippen LogP contribution in [0, 0.1) is 5.92 Å². The van der Waals surface area contributed by atoms with Crippen LogP contribution >= 0.6 is 0 Å². The highest BCUT2D eigenvalue weighted by Gasteiger charge is 2.35. The van der Waals surface area contributed by atoms with E-state index < -0.39 is 5.97 Å². The van der Waals surface area contributed by atoms with Crippen LogP contribution in [0.2, 0.25) is 0 Å². The Morgan fingerprint density at radius 1 is 1.33 bits per heavy atom. The maximum Gasteiger partial charge on any atom is 0.303 e. The lowest BCUT2D eigenvalue weighted by Crippen LogP contribution is -2.54. The summed E-state index contributed by atoms with van der Waals surface area (Å²) in [5.41, 5.74) is 7.19. The van der Waals surface area contributed by atoms with Crippen LogP contribution < -0.4 is 10.6 Å². The van der Waals surface area contributed by atoms with Crippen molar-refractivity contribution in [2.24, 2.45) is 5.92 Å². The summed E-state index contributed by atoms with van der Waals surface area (Å²) in [5.74, 6) is 0.426. The van der Waals surface area contributed by atoms with Crippen LogP contribution in [0.15, 0.2) is 6.33 Å². The van der Waals surface area contributed by atoms with Gasteiger partial charge in [0.15, 0.2) is 11.5 Å². The maximum atomic E-state index is 11.2. The molecule has 2 aliphatic heterocycles. The average molecular weight is 375 g/mol. The van der Waals surface area contributed by atoms with Gasteiger partial charge in [0, 0.05) is 38.6 Å². The number of hydrogen-bond acceptors (Lipinski definition) is 8. The molecule has 0 radical (unpaired) electrons. The second kappa shape index (κ2) is 7.65. The fourth-order valence-electron chi connectivity index (χ4n) is 4.26. The standard InChI is InChI=1S/C17H25N7O3/c18-17-21-15-14(19-10-20-15)16(22-17)24-4-3-12(23-5-7-27-8-6-23)11(9-24)1-2-13(25)26/h10-12H,1-9H2,(H,25,26)(H3,18,19,20,21,22)/t11-,12+/m1/s1. The number of nitrogens with zero attached hydrogens (tertiary/aromatic N) is 5. The average Bonchev–Trinajstić information content (AvgIpc) is 3.14. The Morgan fingerprint density at radius 3 is 2.93 bits per heavy atom. The smallest absolute Gasteiger partial charge is 0.303 e. The van der Waals surface area contributed by atoms with Crippen molar-refractivity contribution in [2.75, 3.05) is 50.0 Å². The molecule has 0 amide bonds. The number of morpholine rings is 1. The molecule has 10 nitrogen and oxygen atoms in total. The summed E-state index contributed by atoms with van der Waals surface area (Å²) >= 11 is 0. The SMILES string of the molecule is Nc1nc(N2CC[C@H](N3CCOCC3)[C@H](CCC(=O)O)C2)c2[nH]cnc2n1. The Kier molecular flexibility index (Phi) is 5.08. The second-order valence-corrected chi connectivity index (χ2v) is 7.15. The number of piperidine rings is 1. The van der Waals surface area contributed by atoms with Gasteiger partial charge in [-0.05, 0) is 18.8 Å². The minimum Gasteiger partial charge on any atom is -0.481 e. The van der Waals surface area contributed by atoms with Crippen LogP contribution in [-0.2, 0) is 9.53 Å². The van der Waals surface area contributed by atoms with E-state index in [9.17, 15) is 9.90 Å². The highest BCUT2D eigenvalue weighted by molar-refractivity contribution is 5.84. The summed E-state index contributed by atoms with van der Waals surface area (Å²) in [7, 11) is 0. The number of imidazole rings is 1. The van der Waals surface area contributed by atoms with Crippen molar-refractivity contribution in [1.29, 1.82) is 0 Å². The first-order valence-electron chi connectivity index (χ1n) is 9.37. The number of aromatic amines is 1. The number of hydrogen-bond donors (Lipinski definition) is 3. The van der Waals surface area contributed by atoms with Crippen LogP contribution in [-0.4, -0.2) is 81.3 Å². The number of aliphatic carboxylic acids is 1. The third-order valence-electron chi connectivity index (χ3n) is 5.52. The molecule has 4 rings (SSSR count). The molecule has 4 heterocycles. The van der Waals surface area contributed by atoms with Gasteiger partial charge in [0.2, 0.25) is 5.95 Å². The summed E-state index contributed by atoms with van der Waals surface area (Å²) in [6, 6.07) is 0.362. The number of anilines is 2. The molecule has 2 aliphatic rings. The first-order chi connectivity index (χ1) is 13.1. The lowest BCUT2D eigenvalue weighted by Gasteiger charge is -2.45. The quantitative estimate of drug-likeness (QED) is 0.676. The number of ether oxygens (including phenoxy) is 1. The zero-order chi connectivity index (χ0) is 18.8. The normalized spacial score (nSPS) is 24.4. The van der Waals surface area contributed by atoms with Crippen LogP contribution in [0.3, 0.4) is 0 Å². The van der Waals surface area contributed by atoms with E-state index in [0.29, 0.717) is 18.1 Å². The fourth-order valence-corrected chi connectivity index (χ4v) is 4.26. The van der Waals surface area contributed by atoms with Crippen molar-refractivity contribution in [3.05, 3.63) is 6.33 Å². The summed E-state index contributed by atoms with van der Waals surface area (Å²) in [5, 5.41) is 9.18. The minimum atomic E-state index is -0.755. The Bertz CT molecular complexity index is 805. The number of rotatable bonds is 5. The summed E-state index contributed by atoms with van der Waals surface area (Å²) < 4.78 is 5.48. The molecule has 2 aromatic rings. The Labute approximate surface area is 156 Å². The zero-order valence-electron chi connectivity index (χ0n) is 15.2. The lowest BCUT2D eigenvalue weighted by molar-refractivity contribution is -0.137.